The van der Waals surface area contributed by atoms with Crippen LogP contribution in [-0.4, -0.2) is 26.8 Å². The van der Waals surface area contributed by atoms with Crippen LogP contribution in [0.3, 0.4) is 0 Å². The number of nitrogens with one attached hydrogen (secondary N) is 1. The van der Waals surface area contributed by atoms with Crippen molar-refractivity contribution in [1.29, 1.82) is 0 Å². The first-order valence-corrected chi connectivity index (χ1v) is 6.23. The van der Waals surface area contributed by atoms with Crippen LogP contribution in [0.25, 0.3) is 0 Å². The molecule has 1 aromatic carbocycles. The van der Waals surface area contributed by atoms with E-state index in [1.54, 1.807) is 7.11 Å². The average molecular weight is 308 g/mol. The molecule has 0 bridgehead atoms. The van der Waals surface area contributed by atoms with E-state index in [2.05, 4.69) is 21.2 Å². The van der Waals surface area contributed by atoms with E-state index >= 15 is 0 Å². The maximum absolute atomic E-state index is 5.97. The lowest BCUT2D eigenvalue weighted by molar-refractivity contribution is 0.196. The van der Waals surface area contributed by atoms with Gasteiger partial charge < -0.3 is 15.8 Å². The summed E-state index contributed by atoms with van der Waals surface area (Å²) in [6.45, 7) is 1.94. The second kappa shape index (κ2) is 7.25. The Morgan fingerprint density at radius 2 is 2.31 bits per heavy atom. The second-order valence-electron chi connectivity index (χ2n) is 3.40. The molecule has 0 aromatic heterocycles. The summed E-state index contributed by atoms with van der Waals surface area (Å²) in [6, 6.07) is 5.78. The van der Waals surface area contributed by atoms with E-state index in [4.69, 9.17) is 22.1 Å². The van der Waals surface area contributed by atoms with Crippen molar-refractivity contribution in [3.8, 4) is 0 Å². The van der Waals surface area contributed by atoms with Crippen molar-refractivity contribution in [3.63, 3.8) is 0 Å². The third-order valence-corrected chi connectivity index (χ3v) is 3.22. The SMILES string of the molecule is COCCNC(CN)c1cc(Cl)ccc1Br. The van der Waals surface area contributed by atoms with Crippen molar-refractivity contribution in [1.82, 2.24) is 5.32 Å². The molecule has 5 heteroatoms. The molecule has 0 saturated carbocycles. The summed E-state index contributed by atoms with van der Waals surface area (Å²) in [5, 5.41) is 4.03. The van der Waals surface area contributed by atoms with Crippen LogP contribution in [-0.2, 0) is 4.74 Å². The van der Waals surface area contributed by atoms with Gasteiger partial charge in [-0.05, 0) is 23.8 Å². The van der Waals surface area contributed by atoms with Crippen molar-refractivity contribution >= 4 is 27.5 Å². The van der Waals surface area contributed by atoms with Crippen molar-refractivity contribution in [2.24, 2.45) is 5.73 Å². The second-order valence-corrected chi connectivity index (χ2v) is 4.69. The largest absolute Gasteiger partial charge is 0.383 e. The molecule has 1 atom stereocenters. The molecule has 3 N–H and O–H groups in total. The third-order valence-electron chi connectivity index (χ3n) is 2.27. The smallest absolute Gasteiger partial charge is 0.0587 e. The zero-order chi connectivity index (χ0) is 12.0. The van der Waals surface area contributed by atoms with E-state index in [0.29, 0.717) is 18.2 Å². The molecule has 0 amide bonds. The summed E-state index contributed by atoms with van der Waals surface area (Å²) >= 11 is 9.46. The Labute approximate surface area is 109 Å². The molecule has 0 heterocycles. The first kappa shape index (κ1) is 13.9. The molecule has 1 aromatic rings. The normalized spacial score (nSPS) is 12.8. The van der Waals surface area contributed by atoms with E-state index in [9.17, 15) is 0 Å². The van der Waals surface area contributed by atoms with Crippen LogP contribution in [0.15, 0.2) is 22.7 Å². The summed E-state index contributed by atoms with van der Waals surface area (Å²) in [4.78, 5) is 0. The van der Waals surface area contributed by atoms with Gasteiger partial charge in [-0.15, -0.1) is 0 Å². The highest BCUT2D eigenvalue weighted by Gasteiger charge is 2.12. The summed E-state index contributed by atoms with van der Waals surface area (Å²) in [7, 11) is 1.68. The van der Waals surface area contributed by atoms with Crippen molar-refractivity contribution in [2.75, 3.05) is 26.8 Å². The Kier molecular flexibility index (Phi) is 6.31. The highest BCUT2D eigenvalue weighted by molar-refractivity contribution is 9.10. The Morgan fingerprint density at radius 1 is 1.56 bits per heavy atom. The summed E-state index contributed by atoms with van der Waals surface area (Å²) in [6.07, 6.45) is 0. The van der Waals surface area contributed by atoms with Gasteiger partial charge in [-0.1, -0.05) is 27.5 Å². The van der Waals surface area contributed by atoms with Crippen LogP contribution >= 0.6 is 27.5 Å². The lowest BCUT2D eigenvalue weighted by atomic mass is 10.1. The van der Waals surface area contributed by atoms with Crippen LogP contribution in [0.5, 0.6) is 0 Å². The summed E-state index contributed by atoms with van der Waals surface area (Å²) in [5.74, 6) is 0. The molecule has 3 nitrogen and oxygen atoms in total. The zero-order valence-electron chi connectivity index (χ0n) is 9.17. The van der Waals surface area contributed by atoms with E-state index in [-0.39, 0.29) is 6.04 Å². The van der Waals surface area contributed by atoms with E-state index in [0.717, 1.165) is 16.6 Å². The van der Waals surface area contributed by atoms with E-state index in [1.807, 2.05) is 18.2 Å². The Hall–Kier alpha value is -0.130. The number of halogens is 2. The molecular formula is C11H16BrClN2O. The molecule has 0 fully saturated rings. The number of nitrogens with two attached hydrogens (primary N) is 1. The Balaban J connectivity index is 2.73. The molecule has 1 unspecified atom stereocenters. The minimum absolute atomic E-state index is 0.0863. The molecule has 0 aliphatic heterocycles. The fraction of sp³-hybridized carbons (Fsp3) is 0.455. The fourth-order valence-electron chi connectivity index (χ4n) is 1.44. The molecule has 16 heavy (non-hydrogen) atoms. The molecule has 0 spiro atoms. The lowest BCUT2D eigenvalue weighted by Gasteiger charge is -2.18. The fourth-order valence-corrected chi connectivity index (χ4v) is 2.14. The minimum Gasteiger partial charge on any atom is -0.383 e. The highest BCUT2D eigenvalue weighted by atomic mass is 79.9. The van der Waals surface area contributed by atoms with Crippen LogP contribution in [0.4, 0.5) is 0 Å². The number of hydrogen-bond donors (Lipinski definition) is 2. The lowest BCUT2D eigenvalue weighted by Crippen LogP contribution is -2.31. The monoisotopic (exact) mass is 306 g/mol. The van der Waals surface area contributed by atoms with Crippen molar-refractivity contribution in [3.05, 3.63) is 33.3 Å². The summed E-state index contributed by atoms with van der Waals surface area (Å²) < 4.78 is 6.00. The molecule has 0 saturated heterocycles. The van der Waals surface area contributed by atoms with Crippen LogP contribution in [0.1, 0.15) is 11.6 Å². The molecule has 90 valence electrons. The maximum Gasteiger partial charge on any atom is 0.0587 e. The predicted octanol–water partition coefficient (Wildman–Crippen LogP) is 2.34. The summed E-state index contributed by atoms with van der Waals surface area (Å²) in [5.41, 5.74) is 6.81. The quantitative estimate of drug-likeness (QED) is 0.793. The van der Waals surface area contributed by atoms with Crippen molar-refractivity contribution < 1.29 is 4.74 Å². The van der Waals surface area contributed by atoms with Gasteiger partial charge in [0.1, 0.15) is 0 Å². The van der Waals surface area contributed by atoms with Gasteiger partial charge in [-0.3, -0.25) is 0 Å². The third kappa shape index (κ3) is 4.03. The molecular weight excluding hydrogens is 291 g/mol. The van der Waals surface area contributed by atoms with Crippen LogP contribution in [0.2, 0.25) is 5.02 Å². The number of methoxy groups -OCH3 is 1. The van der Waals surface area contributed by atoms with Crippen LogP contribution < -0.4 is 11.1 Å². The van der Waals surface area contributed by atoms with E-state index in [1.165, 1.54) is 0 Å². The molecule has 1 rings (SSSR count). The minimum atomic E-state index is 0.0863. The number of rotatable bonds is 6. The standard InChI is InChI=1S/C11H16BrClN2O/c1-16-5-4-15-11(7-14)9-6-8(13)2-3-10(9)12/h2-3,6,11,15H,4-5,7,14H2,1H3. The first-order valence-electron chi connectivity index (χ1n) is 5.06. The van der Waals surface area contributed by atoms with E-state index < -0.39 is 0 Å². The Bertz CT molecular complexity index is 336. The molecule has 0 aliphatic carbocycles. The molecule has 0 aliphatic rings. The average Bonchev–Trinajstić information content (AvgIpc) is 2.28. The topological polar surface area (TPSA) is 47.3 Å². The maximum atomic E-state index is 5.97. The van der Waals surface area contributed by atoms with Gasteiger partial charge in [-0.25, -0.2) is 0 Å². The molecule has 0 radical (unpaired) electrons. The number of benzene rings is 1. The Morgan fingerprint density at radius 3 is 2.94 bits per heavy atom. The number of ether oxygens (including phenoxy) is 1. The highest BCUT2D eigenvalue weighted by Crippen LogP contribution is 2.26. The van der Waals surface area contributed by atoms with Gasteiger partial charge >= 0.3 is 0 Å². The zero-order valence-corrected chi connectivity index (χ0v) is 11.5. The van der Waals surface area contributed by atoms with Gasteiger partial charge in [0, 0.05) is 35.7 Å². The van der Waals surface area contributed by atoms with Gasteiger partial charge in [0.15, 0.2) is 0 Å². The predicted molar refractivity (Wildman–Crippen MR) is 70.8 cm³/mol. The van der Waals surface area contributed by atoms with Crippen LogP contribution in [0, 0.1) is 0 Å². The number of hydrogen-bond acceptors (Lipinski definition) is 3. The van der Waals surface area contributed by atoms with Gasteiger partial charge in [0.05, 0.1) is 6.61 Å². The first-order chi connectivity index (χ1) is 7.69. The van der Waals surface area contributed by atoms with Gasteiger partial charge in [-0.2, -0.15) is 0 Å². The van der Waals surface area contributed by atoms with Gasteiger partial charge in [0.2, 0.25) is 0 Å². The van der Waals surface area contributed by atoms with Gasteiger partial charge in [0.25, 0.3) is 0 Å². The van der Waals surface area contributed by atoms with Crippen molar-refractivity contribution in [2.45, 2.75) is 6.04 Å².